The molecule has 118 valence electrons. The van der Waals surface area contributed by atoms with Crippen LogP contribution in [0.5, 0.6) is 5.75 Å². The van der Waals surface area contributed by atoms with E-state index >= 15 is 0 Å². The highest BCUT2D eigenvalue weighted by atomic mass is 16.5. The van der Waals surface area contributed by atoms with Gasteiger partial charge in [0.15, 0.2) is 0 Å². The zero-order chi connectivity index (χ0) is 15.1. The van der Waals surface area contributed by atoms with Gasteiger partial charge in [0.05, 0.1) is 12.7 Å². The summed E-state index contributed by atoms with van der Waals surface area (Å²) in [6, 6.07) is 8.21. The van der Waals surface area contributed by atoms with Gasteiger partial charge in [-0.3, -0.25) is 0 Å². The van der Waals surface area contributed by atoms with Crippen LogP contribution in [-0.4, -0.2) is 37.6 Å². The van der Waals surface area contributed by atoms with E-state index in [2.05, 4.69) is 17.4 Å². The second-order valence-electron chi connectivity index (χ2n) is 6.19. The fourth-order valence-electron chi connectivity index (χ4n) is 2.74. The van der Waals surface area contributed by atoms with Crippen molar-refractivity contribution in [2.75, 3.05) is 26.4 Å². The molecular formula is C17H27NO3. The van der Waals surface area contributed by atoms with E-state index in [9.17, 15) is 5.11 Å². The van der Waals surface area contributed by atoms with E-state index in [1.54, 1.807) is 0 Å². The second kappa shape index (κ2) is 7.78. The molecule has 1 atom stereocenters. The molecule has 2 rings (SSSR count). The third-order valence-electron chi connectivity index (χ3n) is 3.95. The summed E-state index contributed by atoms with van der Waals surface area (Å²) in [4.78, 5) is 0. The van der Waals surface area contributed by atoms with Crippen LogP contribution >= 0.6 is 0 Å². The summed E-state index contributed by atoms with van der Waals surface area (Å²) in [5.74, 6) is 0.912. The van der Waals surface area contributed by atoms with Crippen LogP contribution in [0.3, 0.4) is 0 Å². The number of benzene rings is 1. The molecule has 4 heteroatoms. The number of aliphatic hydroxyl groups excluding tert-OH is 1. The highest BCUT2D eigenvalue weighted by Crippen LogP contribution is 2.31. The van der Waals surface area contributed by atoms with Crippen molar-refractivity contribution in [3.8, 4) is 5.75 Å². The molecule has 4 nitrogen and oxygen atoms in total. The van der Waals surface area contributed by atoms with Gasteiger partial charge in [0.2, 0.25) is 0 Å². The van der Waals surface area contributed by atoms with Gasteiger partial charge in [-0.2, -0.15) is 0 Å². The Bertz CT molecular complexity index is 411. The molecular weight excluding hydrogens is 266 g/mol. The molecule has 0 aromatic heterocycles. The minimum Gasteiger partial charge on any atom is -0.491 e. The molecule has 0 spiro atoms. The summed E-state index contributed by atoms with van der Waals surface area (Å²) in [6.45, 7) is 7.56. The zero-order valence-electron chi connectivity index (χ0n) is 13.1. The summed E-state index contributed by atoms with van der Waals surface area (Å²) in [6.07, 6.45) is 2.04. The number of hydrogen-bond donors (Lipinski definition) is 2. The van der Waals surface area contributed by atoms with E-state index in [0.717, 1.165) is 44.9 Å². The maximum atomic E-state index is 9.21. The minimum absolute atomic E-state index is 0.107. The molecule has 0 aliphatic carbocycles. The molecule has 0 amide bonds. The van der Waals surface area contributed by atoms with E-state index in [4.69, 9.17) is 9.47 Å². The van der Waals surface area contributed by atoms with Crippen LogP contribution in [0.25, 0.3) is 0 Å². The van der Waals surface area contributed by atoms with Gasteiger partial charge in [0, 0.05) is 31.7 Å². The highest BCUT2D eigenvalue weighted by molar-refractivity contribution is 5.27. The Balaban J connectivity index is 1.79. The first kappa shape index (κ1) is 16.3. The Morgan fingerprint density at radius 2 is 2.10 bits per heavy atom. The van der Waals surface area contributed by atoms with Crippen LogP contribution in [-0.2, 0) is 11.3 Å². The summed E-state index contributed by atoms with van der Waals surface area (Å²) in [7, 11) is 0. The monoisotopic (exact) mass is 293 g/mol. The van der Waals surface area contributed by atoms with Crippen LogP contribution < -0.4 is 10.1 Å². The SMILES string of the molecule is CC(C)Oc1ccc(CNCC2(CCO)CCOC2)cc1. The van der Waals surface area contributed by atoms with E-state index in [-0.39, 0.29) is 18.1 Å². The first-order valence-electron chi connectivity index (χ1n) is 7.78. The smallest absolute Gasteiger partial charge is 0.119 e. The number of nitrogens with one attached hydrogen (secondary N) is 1. The molecule has 1 aliphatic rings. The first-order valence-corrected chi connectivity index (χ1v) is 7.78. The average Bonchev–Trinajstić information content (AvgIpc) is 2.89. The van der Waals surface area contributed by atoms with Crippen molar-refractivity contribution in [2.24, 2.45) is 5.41 Å². The number of hydrogen-bond acceptors (Lipinski definition) is 4. The normalized spacial score (nSPS) is 21.9. The van der Waals surface area contributed by atoms with Gasteiger partial charge < -0.3 is 19.9 Å². The molecule has 0 radical (unpaired) electrons. The quantitative estimate of drug-likeness (QED) is 0.772. The summed E-state index contributed by atoms with van der Waals surface area (Å²) < 4.78 is 11.1. The average molecular weight is 293 g/mol. The van der Waals surface area contributed by atoms with Gasteiger partial charge in [0.1, 0.15) is 5.75 Å². The van der Waals surface area contributed by atoms with Crippen molar-refractivity contribution < 1.29 is 14.6 Å². The fraction of sp³-hybridized carbons (Fsp3) is 0.647. The molecule has 1 aliphatic heterocycles. The molecule has 1 saturated heterocycles. The van der Waals surface area contributed by atoms with Crippen LogP contribution in [0.4, 0.5) is 0 Å². The van der Waals surface area contributed by atoms with Crippen LogP contribution in [0.2, 0.25) is 0 Å². The van der Waals surface area contributed by atoms with Crippen LogP contribution in [0.1, 0.15) is 32.3 Å². The Labute approximate surface area is 127 Å². The lowest BCUT2D eigenvalue weighted by Crippen LogP contribution is -2.35. The number of rotatable bonds is 8. The molecule has 1 heterocycles. The van der Waals surface area contributed by atoms with Crippen molar-refractivity contribution >= 4 is 0 Å². The highest BCUT2D eigenvalue weighted by Gasteiger charge is 2.33. The van der Waals surface area contributed by atoms with Gasteiger partial charge in [-0.1, -0.05) is 12.1 Å². The van der Waals surface area contributed by atoms with Gasteiger partial charge >= 0.3 is 0 Å². The third-order valence-corrected chi connectivity index (χ3v) is 3.95. The van der Waals surface area contributed by atoms with Gasteiger partial charge in [-0.25, -0.2) is 0 Å². The molecule has 2 N–H and O–H groups in total. The Kier molecular flexibility index (Phi) is 6.03. The summed E-state index contributed by atoms with van der Waals surface area (Å²) >= 11 is 0. The maximum absolute atomic E-state index is 9.21. The molecule has 0 bridgehead atoms. The Morgan fingerprint density at radius 3 is 2.67 bits per heavy atom. The lowest BCUT2D eigenvalue weighted by atomic mass is 9.84. The van der Waals surface area contributed by atoms with Gasteiger partial charge in [0.25, 0.3) is 0 Å². The Hall–Kier alpha value is -1.10. The predicted molar refractivity (Wildman–Crippen MR) is 83.5 cm³/mol. The fourth-order valence-corrected chi connectivity index (χ4v) is 2.74. The Morgan fingerprint density at radius 1 is 1.33 bits per heavy atom. The number of aliphatic hydroxyl groups is 1. The molecule has 1 aromatic carbocycles. The summed E-state index contributed by atoms with van der Waals surface area (Å²) in [5, 5.41) is 12.7. The maximum Gasteiger partial charge on any atom is 0.119 e. The second-order valence-corrected chi connectivity index (χ2v) is 6.19. The van der Waals surface area contributed by atoms with E-state index in [1.165, 1.54) is 5.56 Å². The van der Waals surface area contributed by atoms with E-state index < -0.39 is 0 Å². The lowest BCUT2D eigenvalue weighted by Gasteiger charge is -2.26. The van der Waals surface area contributed by atoms with E-state index in [0.29, 0.717) is 0 Å². The van der Waals surface area contributed by atoms with Gasteiger partial charge in [-0.05, 0) is 44.4 Å². The number of ether oxygens (including phenoxy) is 2. The van der Waals surface area contributed by atoms with Crippen molar-refractivity contribution in [1.29, 1.82) is 0 Å². The molecule has 1 unspecified atom stereocenters. The zero-order valence-corrected chi connectivity index (χ0v) is 13.1. The molecule has 0 saturated carbocycles. The van der Waals surface area contributed by atoms with Crippen molar-refractivity contribution in [3.63, 3.8) is 0 Å². The lowest BCUT2D eigenvalue weighted by molar-refractivity contribution is 0.124. The van der Waals surface area contributed by atoms with Crippen LogP contribution in [0.15, 0.2) is 24.3 Å². The standard InChI is InChI=1S/C17H27NO3/c1-14(2)21-16-5-3-15(4-6-16)11-18-12-17(7-9-19)8-10-20-13-17/h3-6,14,18-19H,7-13H2,1-2H3. The van der Waals surface area contributed by atoms with E-state index in [1.807, 2.05) is 26.0 Å². The summed E-state index contributed by atoms with van der Waals surface area (Å²) in [5.41, 5.74) is 1.35. The minimum atomic E-state index is 0.107. The largest absolute Gasteiger partial charge is 0.491 e. The topological polar surface area (TPSA) is 50.7 Å². The van der Waals surface area contributed by atoms with Crippen molar-refractivity contribution in [2.45, 2.75) is 39.3 Å². The first-order chi connectivity index (χ1) is 10.1. The molecule has 21 heavy (non-hydrogen) atoms. The third kappa shape index (κ3) is 4.99. The molecule has 1 aromatic rings. The predicted octanol–water partition coefficient (Wildman–Crippen LogP) is 2.35. The van der Waals surface area contributed by atoms with Crippen molar-refractivity contribution in [1.82, 2.24) is 5.32 Å². The molecule has 1 fully saturated rings. The van der Waals surface area contributed by atoms with Crippen molar-refractivity contribution in [3.05, 3.63) is 29.8 Å². The van der Waals surface area contributed by atoms with Gasteiger partial charge in [-0.15, -0.1) is 0 Å². The van der Waals surface area contributed by atoms with Crippen LogP contribution in [0, 0.1) is 5.41 Å².